The Balaban J connectivity index is 2.36. The van der Waals surface area contributed by atoms with E-state index >= 15 is 0 Å². The Labute approximate surface area is 145 Å². The Bertz CT molecular complexity index is 737. The van der Waals surface area contributed by atoms with Gasteiger partial charge in [0.2, 0.25) is 0 Å². The van der Waals surface area contributed by atoms with Gasteiger partial charge in [-0.3, -0.25) is 4.79 Å². The average molecular weight is 404 g/mol. The van der Waals surface area contributed by atoms with Gasteiger partial charge >= 0.3 is 0 Å². The van der Waals surface area contributed by atoms with Gasteiger partial charge in [0.15, 0.2) is 0 Å². The highest BCUT2D eigenvalue weighted by Crippen LogP contribution is 2.25. The van der Waals surface area contributed by atoms with Crippen molar-refractivity contribution < 1.29 is 4.79 Å². The Morgan fingerprint density at radius 3 is 2.52 bits per heavy atom. The second kappa shape index (κ2) is 6.75. The molecule has 0 aliphatic carbocycles. The van der Waals surface area contributed by atoms with Crippen molar-refractivity contribution in [3.05, 3.63) is 62.0 Å². The van der Waals surface area contributed by atoms with Crippen LogP contribution in [-0.4, -0.2) is 10.9 Å². The van der Waals surface area contributed by atoms with Gasteiger partial charge in [-0.25, -0.2) is 0 Å². The van der Waals surface area contributed by atoms with Crippen molar-refractivity contribution >= 4 is 67.9 Å². The van der Waals surface area contributed by atoms with Gasteiger partial charge in [0, 0.05) is 15.1 Å². The third-order valence-corrected chi connectivity index (χ3v) is 3.95. The minimum absolute atomic E-state index is 0.184. The summed E-state index contributed by atoms with van der Waals surface area (Å²) < 4.78 is 0.809. The van der Waals surface area contributed by atoms with Crippen molar-refractivity contribution in [1.29, 1.82) is 0 Å². The van der Waals surface area contributed by atoms with Gasteiger partial charge in [0.05, 0.1) is 16.3 Å². The maximum Gasteiger partial charge on any atom is 0.257 e. The molecule has 1 amide bonds. The molecule has 0 atom stereocenters. The summed E-state index contributed by atoms with van der Waals surface area (Å²) in [6, 6.07) is 9.89. The summed E-state index contributed by atoms with van der Waals surface area (Å²) in [5, 5.41) is 3.47. The van der Waals surface area contributed by atoms with Crippen LogP contribution in [0.4, 0.5) is 5.69 Å². The zero-order chi connectivity index (χ0) is 15.6. The normalized spacial score (nSPS) is 10.2. The lowest BCUT2D eigenvalue weighted by Gasteiger charge is -2.11. The molecule has 108 valence electrons. The van der Waals surface area contributed by atoms with Crippen molar-refractivity contribution in [2.45, 2.75) is 0 Å². The largest absolute Gasteiger partial charge is 0.389 e. The van der Waals surface area contributed by atoms with Crippen LogP contribution in [0.1, 0.15) is 15.9 Å². The van der Waals surface area contributed by atoms with Crippen molar-refractivity contribution in [2.24, 2.45) is 5.73 Å². The van der Waals surface area contributed by atoms with E-state index in [4.69, 9.17) is 41.2 Å². The Kier molecular flexibility index (Phi) is 5.22. The molecule has 0 fully saturated rings. The average Bonchev–Trinajstić information content (AvgIpc) is 2.43. The lowest BCUT2D eigenvalue weighted by Crippen LogP contribution is -2.18. The van der Waals surface area contributed by atoms with E-state index < -0.39 is 0 Å². The number of amides is 1. The number of carbonyl (C=O) groups is 1. The van der Waals surface area contributed by atoms with Crippen LogP contribution < -0.4 is 11.1 Å². The molecule has 3 N–H and O–H groups in total. The molecule has 0 aromatic heterocycles. The number of hydrogen-bond acceptors (Lipinski definition) is 2. The Morgan fingerprint density at radius 2 is 1.86 bits per heavy atom. The van der Waals surface area contributed by atoms with E-state index in [0.717, 1.165) is 4.47 Å². The van der Waals surface area contributed by atoms with Crippen molar-refractivity contribution in [2.75, 3.05) is 5.32 Å². The molecule has 2 rings (SSSR count). The Morgan fingerprint density at radius 1 is 1.14 bits per heavy atom. The molecule has 0 heterocycles. The molecule has 0 bridgehead atoms. The highest BCUT2D eigenvalue weighted by molar-refractivity contribution is 9.10. The number of rotatable bonds is 3. The molecule has 2 aromatic carbocycles. The van der Waals surface area contributed by atoms with E-state index in [0.29, 0.717) is 21.3 Å². The first-order valence-corrected chi connectivity index (χ1v) is 7.70. The van der Waals surface area contributed by atoms with Crippen molar-refractivity contribution in [1.82, 2.24) is 0 Å². The van der Waals surface area contributed by atoms with E-state index in [1.54, 1.807) is 30.3 Å². The maximum absolute atomic E-state index is 12.3. The lowest BCUT2D eigenvalue weighted by molar-refractivity contribution is 0.102. The zero-order valence-electron chi connectivity index (χ0n) is 10.5. The van der Waals surface area contributed by atoms with Gasteiger partial charge in [-0.2, -0.15) is 0 Å². The number of nitrogens with two attached hydrogens (primary N) is 1. The number of hydrogen-bond donors (Lipinski definition) is 2. The van der Waals surface area contributed by atoms with Crippen molar-refractivity contribution in [3.8, 4) is 0 Å². The molecular weight excluding hydrogens is 395 g/mol. The molecule has 7 heteroatoms. The summed E-state index contributed by atoms with van der Waals surface area (Å²) in [7, 11) is 0. The van der Waals surface area contributed by atoms with Gasteiger partial charge in [-0.15, -0.1) is 0 Å². The molecule has 0 aliphatic heterocycles. The maximum atomic E-state index is 12.3. The van der Waals surface area contributed by atoms with E-state index in [-0.39, 0.29) is 16.5 Å². The molecule has 0 saturated carbocycles. The van der Waals surface area contributed by atoms with E-state index in [2.05, 4.69) is 21.2 Å². The summed E-state index contributed by atoms with van der Waals surface area (Å²) in [5.74, 6) is -0.387. The van der Waals surface area contributed by atoms with E-state index in [1.807, 2.05) is 0 Å². The summed E-state index contributed by atoms with van der Waals surface area (Å²) in [5.41, 5.74) is 7.01. The van der Waals surface area contributed by atoms with Crippen LogP contribution in [-0.2, 0) is 0 Å². The van der Waals surface area contributed by atoms with Crippen LogP contribution in [0.15, 0.2) is 40.9 Å². The fourth-order valence-corrected chi connectivity index (χ4v) is 2.60. The third-order valence-electron chi connectivity index (χ3n) is 2.67. The molecule has 0 spiro atoms. The molecule has 21 heavy (non-hydrogen) atoms. The number of carbonyl (C=O) groups excluding carboxylic acids is 1. The summed E-state index contributed by atoms with van der Waals surface area (Å²) in [6.45, 7) is 0. The van der Waals surface area contributed by atoms with E-state index in [1.165, 1.54) is 6.07 Å². The van der Waals surface area contributed by atoms with Gasteiger partial charge in [-0.05, 0) is 36.4 Å². The highest BCUT2D eigenvalue weighted by atomic mass is 79.9. The predicted octanol–water partition coefficient (Wildman–Crippen LogP) is 4.64. The second-order valence-electron chi connectivity index (χ2n) is 4.13. The molecule has 0 aliphatic rings. The first-order chi connectivity index (χ1) is 9.88. The molecule has 0 radical (unpaired) electrons. The first-order valence-electron chi connectivity index (χ1n) is 5.74. The number of anilines is 1. The van der Waals surface area contributed by atoms with Crippen LogP contribution in [0.25, 0.3) is 0 Å². The van der Waals surface area contributed by atoms with Gasteiger partial charge in [-0.1, -0.05) is 51.3 Å². The number of halogens is 3. The molecule has 0 saturated heterocycles. The standard InChI is InChI=1S/C14H9BrCl2N2OS/c15-7-1-4-12(10(5-7)13(18)21)19-14(20)9-6-8(16)2-3-11(9)17/h1-6H,(H2,18,21)(H,19,20). The predicted molar refractivity (Wildman–Crippen MR) is 94.4 cm³/mol. The minimum Gasteiger partial charge on any atom is -0.389 e. The van der Waals surface area contributed by atoms with Crippen LogP contribution in [0.2, 0.25) is 10.0 Å². The topological polar surface area (TPSA) is 55.1 Å². The molecule has 0 unspecified atom stereocenters. The lowest BCUT2D eigenvalue weighted by atomic mass is 10.1. The summed E-state index contributed by atoms with van der Waals surface area (Å²) in [4.78, 5) is 12.5. The molecule has 3 nitrogen and oxygen atoms in total. The first kappa shape index (κ1) is 16.2. The molecular formula is C14H9BrCl2N2OS. The SMILES string of the molecule is NC(=S)c1cc(Br)ccc1NC(=O)c1cc(Cl)ccc1Cl. The number of nitrogens with one attached hydrogen (secondary N) is 1. The van der Waals surface area contributed by atoms with Gasteiger partial charge < -0.3 is 11.1 Å². The molecule has 2 aromatic rings. The fourth-order valence-electron chi connectivity index (χ4n) is 1.69. The summed E-state index contributed by atoms with van der Waals surface area (Å²) >= 11 is 20.2. The Hall–Kier alpha value is -1.14. The second-order valence-corrected chi connectivity index (χ2v) is 6.33. The minimum atomic E-state index is -0.387. The van der Waals surface area contributed by atoms with Crippen molar-refractivity contribution in [3.63, 3.8) is 0 Å². The van der Waals surface area contributed by atoms with Crippen LogP contribution in [0.3, 0.4) is 0 Å². The summed E-state index contributed by atoms with van der Waals surface area (Å²) in [6.07, 6.45) is 0. The van der Waals surface area contributed by atoms with E-state index in [9.17, 15) is 4.79 Å². The van der Waals surface area contributed by atoms with Gasteiger partial charge in [0.25, 0.3) is 5.91 Å². The van der Waals surface area contributed by atoms with Crippen LogP contribution in [0.5, 0.6) is 0 Å². The van der Waals surface area contributed by atoms with Gasteiger partial charge in [0.1, 0.15) is 4.99 Å². The quantitative estimate of drug-likeness (QED) is 0.733. The fraction of sp³-hybridized carbons (Fsp3) is 0. The highest BCUT2D eigenvalue weighted by Gasteiger charge is 2.14. The van der Waals surface area contributed by atoms with Crippen LogP contribution in [0, 0.1) is 0 Å². The van der Waals surface area contributed by atoms with Crippen LogP contribution >= 0.6 is 51.3 Å². The third kappa shape index (κ3) is 3.95. The monoisotopic (exact) mass is 402 g/mol. The smallest absolute Gasteiger partial charge is 0.257 e. The number of benzene rings is 2. The zero-order valence-corrected chi connectivity index (χ0v) is 14.4. The number of thiocarbonyl (C=S) groups is 1.